The molecule has 1 heterocycles. The predicted octanol–water partition coefficient (Wildman–Crippen LogP) is 5.43. The van der Waals surface area contributed by atoms with E-state index in [0.717, 1.165) is 22.4 Å². The summed E-state index contributed by atoms with van der Waals surface area (Å²) in [7, 11) is 1.60. The van der Waals surface area contributed by atoms with Crippen molar-refractivity contribution in [1.82, 2.24) is 0 Å². The molecule has 4 rings (SSSR count). The van der Waals surface area contributed by atoms with E-state index in [1.165, 1.54) is 0 Å². The van der Waals surface area contributed by atoms with Crippen molar-refractivity contribution in [2.24, 2.45) is 0 Å². The van der Waals surface area contributed by atoms with Crippen LogP contribution in [0.5, 0.6) is 0 Å². The van der Waals surface area contributed by atoms with Crippen molar-refractivity contribution < 1.29 is 9.53 Å². The summed E-state index contributed by atoms with van der Waals surface area (Å²) in [4.78, 5) is 15.0. The standard InChI is InChI=1S/C26H23NO2/c1-29-25-24(21-13-7-3-8-14-21)22(18-17-20-11-5-2-6-12-20)19-27(26(25)28)23-15-9-4-10-16-23/h2-19,24-25H,1H3/b18-17+/t24-,25+/m0/s1. The van der Waals surface area contributed by atoms with Crippen LogP contribution in [0.1, 0.15) is 17.0 Å². The van der Waals surface area contributed by atoms with Crippen LogP contribution in [0.3, 0.4) is 0 Å². The van der Waals surface area contributed by atoms with Crippen LogP contribution in [-0.2, 0) is 9.53 Å². The number of methoxy groups -OCH3 is 1. The number of nitrogens with zero attached hydrogens (tertiary/aromatic N) is 1. The Balaban J connectivity index is 1.81. The van der Waals surface area contributed by atoms with Crippen LogP contribution in [0.25, 0.3) is 6.08 Å². The SMILES string of the molecule is CO[C@H]1C(=O)N(c2ccccc2)C=C(/C=C/c2ccccc2)[C@@H]1c1ccccc1. The van der Waals surface area contributed by atoms with E-state index >= 15 is 0 Å². The zero-order chi connectivity index (χ0) is 20.1. The van der Waals surface area contributed by atoms with Gasteiger partial charge in [0.15, 0.2) is 0 Å². The summed E-state index contributed by atoms with van der Waals surface area (Å²) < 4.78 is 5.74. The van der Waals surface area contributed by atoms with Gasteiger partial charge in [-0.2, -0.15) is 0 Å². The van der Waals surface area contributed by atoms with Gasteiger partial charge in [-0.05, 0) is 28.8 Å². The Labute approximate surface area is 171 Å². The second kappa shape index (κ2) is 8.72. The number of hydrogen-bond acceptors (Lipinski definition) is 2. The third kappa shape index (κ3) is 4.05. The van der Waals surface area contributed by atoms with Crippen molar-refractivity contribution in [3.05, 3.63) is 120 Å². The van der Waals surface area contributed by atoms with Crippen molar-refractivity contribution in [3.63, 3.8) is 0 Å². The third-order valence-corrected chi connectivity index (χ3v) is 5.14. The Morgan fingerprint density at radius 2 is 1.38 bits per heavy atom. The number of rotatable bonds is 5. The van der Waals surface area contributed by atoms with Crippen molar-refractivity contribution >= 4 is 17.7 Å². The van der Waals surface area contributed by atoms with Gasteiger partial charge in [0.05, 0.1) is 0 Å². The van der Waals surface area contributed by atoms with Crippen LogP contribution in [0.15, 0.2) is 109 Å². The molecule has 0 radical (unpaired) electrons. The Bertz CT molecular complexity index is 1010. The minimum Gasteiger partial charge on any atom is -0.371 e. The van der Waals surface area contributed by atoms with Crippen LogP contribution in [0.4, 0.5) is 5.69 Å². The molecule has 0 spiro atoms. The summed E-state index contributed by atoms with van der Waals surface area (Å²) >= 11 is 0. The fraction of sp³-hybridized carbons (Fsp3) is 0.115. The first kappa shape index (κ1) is 18.9. The lowest BCUT2D eigenvalue weighted by Gasteiger charge is -2.36. The molecule has 3 heteroatoms. The number of hydrogen-bond donors (Lipinski definition) is 0. The summed E-state index contributed by atoms with van der Waals surface area (Å²) in [6.07, 6.45) is 5.50. The molecule has 0 fully saturated rings. The number of ether oxygens (including phenoxy) is 1. The van der Waals surface area contributed by atoms with E-state index in [2.05, 4.69) is 24.3 Å². The molecule has 0 N–H and O–H groups in total. The van der Waals surface area contributed by atoms with Gasteiger partial charge in [-0.1, -0.05) is 91.0 Å². The molecule has 1 aliphatic heterocycles. The highest BCUT2D eigenvalue weighted by atomic mass is 16.5. The molecule has 1 aliphatic rings. The first-order valence-electron chi connectivity index (χ1n) is 9.68. The lowest BCUT2D eigenvalue weighted by Crippen LogP contribution is -2.45. The van der Waals surface area contributed by atoms with Gasteiger partial charge in [0.25, 0.3) is 5.91 Å². The number of para-hydroxylation sites is 1. The Morgan fingerprint density at radius 1 is 0.793 bits per heavy atom. The third-order valence-electron chi connectivity index (χ3n) is 5.14. The maximum Gasteiger partial charge on any atom is 0.261 e. The highest BCUT2D eigenvalue weighted by Crippen LogP contribution is 2.37. The number of allylic oxidation sites excluding steroid dienone is 1. The molecule has 2 atom stereocenters. The first-order valence-corrected chi connectivity index (χ1v) is 9.68. The molecule has 29 heavy (non-hydrogen) atoms. The zero-order valence-electron chi connectivity index (χ0n) is 16.3. The lowest BCUT2D eigenvalue weighted by molar-refractivity contribution is -0.129. The molecule has 1 amide bonds. The Morgan fingerprint density at radius 3 is 2.00 bits per heavy atom. The van der Waals surface area contributed by atoms with Gasteiger partial charge in [0, 0.05) is 24.9 Å². The minimum absolute atomic E-state index is 0.0654. The van der Waals surface area contributed by atoms with Crippen molar-refractivity contribution in [1.29, 1.82) is 0 Å². The smallest absolute Gasteiger partial charge is 0.261 e. The molecule has 0 unspecified atom stereocenters. The fourth-order valence-electron chi connectivity index (χ4n) is 3.71. The number of anilines is 1. The summed E-state index contributed by atoms with van der Waals surface area (Å²) in [6, 6.07) is 29.9. The van der Waals surface area contributed by atoms with Gasteiger partial charge in [-0.3, -0.25) is 9.69 Å². The van der Waals surface area contributed by atoms with Gasteiger partial charge in [0.1, 0.15) is 6.10 Å². The Hall–Kier alpha value is -3.43. The van der Waals surface area contributed by atoms with E-state index in [4.69, 9.17) is 4.74 Å². The molecule has 144 valence electrons. The minimum atomic E-state index is -0.599. The highest BCUT2D eigenvalue weighted by Gasteiger charge is 2.38. The predicted molar refractivity (Wildman–Crippen MR) is 117 cm³/mol. The fourth-order valence-corrected chi connectivity index (χ4v) is 3.71. The maximum atomic E-state index is 13.3. The summed E-state index contributed by atoms with van der Waals surface area (Å²) in [5.74, 6) is -0.238. The maximum absolute atomic E-state index is 13.3. The van der Waals surface area contributed by atoms with Crippen molar-refractivity contribution in [3.8, 4) is 0 Å². The zero-order valence-corrected chi connectivity index (χ0v) is 16.3. The topological polar surface area (TPSA) is 29.5 Å². The second-order valence-electron chi connectivity index (χ2n) is 6.96. The monoisotopic (exact) mass is 381 g/mol. The quantitative estimate of drug-likeness (QED) is 0.590. The number of carbonyl (C=O) groups is 1. The summed E-state index contributed by atoms with van der Waals surface area (Å²) in [5.41, 5.74) is 4.02. The number of benzene rings is 3. The normalized spacial score (nSPS) is 19.4. The number of carbonyl (C=O) groups excluding carboxylic acids is 1. The molecule has 0 bridgehead atoms. The van der Waals surface area contributed by atoms with Crippen LogP contribution in [0.2, 0.25) is 0 Å². The van der Waals surface area contributed by atoms with Crippen molar-refractivity contribution in [2.45, 2.75) is 12.0 Å². The van der Waals surface area contributed by atoms with Gasteiger partial charge in [-0.25, -0.2) is 0 Å². The average Bonchev–Trinajstić information content (AvgIpc) is 2.79. The molecule has 0 aromatic heterocycles. The summed E-state index contributed by atoms with van der Waals surface area (Å²) in [6.45, 7) is 0. The Kier molecular flexibility index (Phi) is 5.68. The van der Waals surface area contributed by atoms with E-state index in [1.807, 2.05) is 85.1 Å². The molecule has 0 saturated carbocycles. The second-order valence-corrected chi connectivity index (χ2v) is 6.96. The van der Waals surface area contributed by atoms with Gasteiger partial charge in [0.2, 0.25) is 0 Å². The number of amides is 1. The lowest BCUT2D eigenvalue weighted by atomic mass is 9.83. The molecule has 3 aromatic rings. The summed E-state index contributed by atoms with van der Waals surface area (Å²) in [5, 5.41) is 0. The highest BCUT2D eigenvalue weighted by molar-refractivity contribution is 6.01. The van der Waals surface area contributed by atoms with Crippen LogP contribution in [-0.4, -0.2) is 19.1 Å². The van der Waals surface area contributed by atoms with Gasteiger partial charge in [-0.15, -0.1) is 0 Å². The van der Waals surface area contributed by atoms with E-state index in [-0.39, 0.29) is 11.8 Å². The largest absolute Gasteiger partial charge is 0.371 e. The van der Waals surface area contributed by atoms with E-state index in [9.17, 15) is 4.79 Å². The molecule has 3 aromatic carbocycles. The molecule has 0 saturated heterocycles. The first-order chi connectivity index (χ1) is 14.3. The molecule has 0 aliphatic carbocycles. The average molecular weight is 381 g/mol. The van der Waals surface area contributed by atoms with E-state index in [1.54, 1.807) is 12.0 Å². The van der Waals surface area contributed by atoms with Crippen LogP contribution >= 0.6 is 0 Å². The van der Waals surface area contributed by atoms with E-state index < -0.39 is 6.10 Å². The van der Waals surface area contributed by atoms with E-state index in [0.29, 0.717) is 0 Å². The van der Waals surface area contributed by atoms with Gasteiger partial charge >= 0.3 is 0 Å². The van der Waals surface area contributed by atoms with Crippen LogP contribution < -0.4 is 4.90 Å². The molecular formula is C26H23NO2. The molecule has 3 nitrogen and oxygen atoms in total. The van der Waals surface area contributed by atoms with Crippen LogP contribution in [0, 0.1) is 0 Å². The van der Waals surface area contributed by atoms with Gasteiger partial charge < -0.3 is 4.74 Å². The molecular weight excluding hydrogens is 358 g/mol. The van der Waals surface area contributed by atoms with Crippen molar-refractivity contribution in [2.75, 3.05) is 12.0 Å².